The van der Waals surface area contributed by atoms with E-state index in [-0.39, 0.29) is 26.2 Å². The van der Waals surface area contributed by atoms with Crippen LogP contribution in [0.3, 0.4) is 0 Å². The number of fused-ring (bicyclic) bond motifs is 2. The van der Waals surface area contributed by atoms with Crippen molar-refractivity contribution in [1.29, 1.82) is 0 Å². The number of hydrogen-bond acceptors (Lipinski definition) is 4. The predicted octanol–water partition coefficient (Wildman–Crippen LogP) is 4.58. The highest BCUT2D eigenvalue weighted by Crippen LogP contribution is 2.48. The number of rotatable bonds is 4. The normalized spacial score (nSPS) is 25.6. The van der Waals surface area contributed by atoms with Crippen LogP contribution in [0, 0.1) is 0 Å². The summed E-state index contributed by atoms with van der Waals surface area (Å²) in [5.74, 6) is 0. The lowest BCUT2D eigenvalue weighted by Gasteiger charge is -2.35. The lowest BCUT2D eigenvalue weighted by molar-refractivity contribution is 0.153. The zero-order valence-electron chi connectivity index (χ0n) is 22.5. The molecular weight excluding hydrogens is 350 g/mol. The Morgan fingerprint density at radius 3 is 2.68 bits per heavy atom. The van der Waals surface area contributed by atoms with Gasteiger partial charge >= 0.3 is 0 Å². The molecule has 2 aromatic carbocycles. The van der Waals surface area contributed by atoms with Gasteiger partial charge in [-0.25, -0.2) is 0 Å². The average molecular weight is 383 g/mol. The summed E-state index contributed by atoms with van der Waals surface area (Å²) in [6.07, 6.45) is -3.03. The fourth-order valence-corrected chi connectivity index (χ4v) is 4.03. The van der Waals surface area contributed by atoms with Crippen molar-refractivity contribution < 1.29 is 12.3 Å². The van der Waals surface area contributed by atoms with Gasteiger partial charge in [-0.3, -0.25) is 0 Å². The van der Waals surface area contributed by atoms with Crippen LogP contribution < -0.4 is 4.90 Å². The van der Waals surface area contributed by atoms with Crippen molar-refractivity contribution in [2.75, 3.05) is 51.0 Å². The highest BCUT2D eigenvalue weighted by atomic mass is 35.5. The van der Waals surface area contributed by atoms with Crippen LogP contribution in [0.5, 0.6) is 0 Å². The quantitative estimate of drug-likeness (QED) is 0.765. The summed E-state index contributed by atoms with van der Waals surface area (Å²) < 4.78 is 75.5. The summed E-state index contributed by atoms with van der Waals surface area (Å²) in [6, 6.07) is 12.0. The van der Waals surface area contributed by atoms with Gasteiger partial charge in [-0.2, -0.15) is 0 Å². The Hall–Kier alpha value is -1.20. The van der Waals surface area contributed by atoms with E-state index in [9.17, 15) is 0 Å². The number of likely N-dealkylation sites (N-methyl/N-ethyl adjacent to an activating group) is 1. The molecule has 2 aliphatic heterocycles. The maximum atomic E-state index is 8.97. The minimum atomic E-state index is -3.03. The number of piperazine rings is 1. The SMILES string of the molecule is [2H]C([2H])([2H])N1CCN(C([2H])([2H])C([2H])([2H])C([2H])([2H])N2c3ccccc3Sc3ccc(Cl)cc32)CC1. The molecule has 0 aromatic heterocycles. The Bertz CT molecular complexity index is 1070. The van der Waals surface area contributed by atoms with E-state index in [0.717, 1.165) is 0 Å². The minimum Gasteiger partial charge on any atom is -0.340 e. The van der Waals surface area contributed by atoms with Crippen LogP contribution in [-0.4, -0.2) is 55.9 Å². The second-order valence-electron chi connectivity index (χ2n) is 5.84. The molecule has 132 valence electrons. The Morgan fingerprint density at radius 2 is 1.84 bits per heavy atom. The zero-order chi connectivity index (χ0) is 25.1. The molecule has 0 N–H and O–H groups in total. The molecule has 0 atom stereocenters. The highest BCUT2D eigenvalue weighted by Gasteiger charge is 2.23. The van der Waals surface area contributed by atoms with Gasteiger partial charge in [0.2, 0.25) is 0 Å². The first-order valence-corrected chi connectivity index (χ1v) is 9.24. The third-order valence-corrected chi connectivity index (χ3v) is 5.51. The first kappa shape index (κ1) is 9.65. The van der Waals surface area contributed by atoms with Crippen LogP contribution in [0.2, 0.25) is 5.02 Å². The Kier molecular flexibility index (Phi) is 2.93. The molecule has 0 spiro atoms. The van der Waals surface area contributed by atoms with Crippen LogP contribution in [-0.2, 0) is 0 Å². The lowest BCUT2D eigenvalue weighted by Crippen LogP contribution is -2.45. The van der Waals surface area contributed by atoms with Gasteiger partial charge in [0.1, 0.15) is 0 Å². The van der Waals surface area contributed by atoms with E-state index in [2.05, 4.69) is 0 Å². The molecule has 2 aromatic rings. The molecule has 1 saturated heterocycles. The third kappa shape index (κ3) is 3.82. The van der Waals surface area contributed by atoms with Gasteiger partial charge in [-0.15, -0.1) is 0 Å². The summed E-state index contributed by atoms with van der Waals surface area (Å²) in [4.78, 5) is 5.01. The summed E-state index contributed by atoms with van der Waals surface area (Å²) >= 11 is 7.62. The molecule has 0 radical (unpaired) electrons. The van der Waals surface area contributed by atoms with Crippen molar-refractivity contribution in [2.24, 2.45) is 0 Å². The zero-order valence-corrected chi connectivity index (χ0v) is 15.1. The molecule has 5 heteroatoms. The first-order valence-electron chi connectivity index (χ1n) is 12.5. The standard InChI is InChI=1S/C20H24ClN3S/c1-22-11-13-23(14-12-22)9-4-10-24-17-5-2-3-6-19(17)25-20-8-7-16(21)15-18(20)24/h2-3,5-8,15H,4,9-14H2,1H3/i1D3,4D2,9D2,10D2. The van der Waals surface area contributed by atoms with Crippen LogP contribution in [0.1, 0.15) is 18.7 Å². The second kappa shape index (κ2) is 7.58. The van der Waals surface area contributed by atoms with Gasteiger partial charge in [-0.05, 0) is 50.2 Å². The van der Waals surface area contributed by atoms with E-state index in [1.807, 2.05) is 0 Å². The Labute approximate surface area is 172 Å². The van der Waals surface area contributed by atoms with E-state index in [1.54, 1.807) is 42.5 Å². The number of halogens is 1. The first-order chi connectivity index (χ1) is 15.7. The maximum Gasteiger partial charge on any atom is 0.0567 e. The van der Waals surface area contributed by atoms with E-state index in [4.69, 9.17) is 23.9 Å². The van der Waals surface area contributed by atoms with Gasteiger partial charge < -0.3 is 14.7 Å². The van der Waals surface area contributed by atoms with E-state index in [0.29, 0.717) is 26.2 Å². The fraction of sp³-hybridized carbons (Fsp3) is 0.400. The number of benzene rings is 2. The van der Waals surface area contributed by atoms with Crippen LogP contribution in [0.15, 0.2) is 52.3 Å². The lowest BCUT2D eigenvalue weighted by atomic mass is 10.2. The summed E-state index contributed by atoms with van der Waals surface area (Å²) in [6.45, 7) is -7.94. The van der Waals surface area contributed by atoms with E-state index >= 15 is 0 Å². The van der Waals surface area contributed by atoms with Gasteiger partial charge in [0, 0.05) is 59.8 Å². The summed E-state index contributed by atoms with van der Waals surface area (Å²) in [5.41, 5.74) is 0.771. The summed E-state index contributed by atoms with van der Waals surface area (Å²) in [5, 5.41) is 0.351. The number of nitrogens with zero attached hydrogens (tertiary/aromatic N) is 3. The summed E-state index contributed by atoms with van der Waals surface area (Å²) in [7, 11) is 0. The molecule has 3 nitrogen and oxygen atoms in total. The van der Waals surface area contributed by atoms with Crippen molar-refractivity contribution in [2.45, 2.75) is 16.2 Å². The van der Waals surface area contributed by atoms with Crippen molar-refractivity contribution in [3.05, 3.63) is 47.5 Å². The van der Waals surface area contributed by atoms with E-state index < -0.39 is 26.3 Å². The van der Waals surface area contributed by atoms with Crippen LogP contribution in [0.25, 0.3) is 0 Å². The smallest absolute Gasteiger partial charge is 0.0567 e. The molecule has 0 aliphatic carbocycles. The molecule has 2 heterocycles. The topological polar surface area (TPSA) is 9.72 Å². The average Bonchev–Trinajstić information content (AvgIpc) is 2.76. The third-order valence-electron chi connectivity index (χ3n) is 4.15. The van der Waals surface area contributed by atoms with Crippen molar-refractivity contribution >= 4 is 34.7 Å². The number of hydrogen-bond donors (Lipinski definition) is 0. The van der Waals surface area contributed by atoms with Crippen molar-refractivity contribution in [1.82, 2.24) is 9.80 Å². The monoisotopic (exact) mass is 382 g/mol. The predicted molar refractivity (Wildman–Crippen MR) is 108 cm³/mol. The van der Waals surface area contributed by atoms with Gasteiger partial charge in [0.05, 0.1) is 11.4 Å². The van der Waals surface area contributed by atoms with Gasteiger partial charge in [0.15, 0.2) is 0 Å². The molecule has 0 amide bonds. The molecule has 0 saturated carbocycles. The second-order valence-corrected chi connectivity index (χ2v) is 7.36. The van der Waals surface area contributed by atoms with E-state index in [1.165, 1.54) is 26.5 Å². The fourth-order valence-electron chi connectivity index (χ4n) is 2.83. The Balaban J connectivity index is 1.73. The molecule has 0 bridgehead atoms. The molecular formula is C20H24ClN3S. The molecule has 25 heavy (non-hydrogen) atoms. The van der Waals surface area contributed by atoms with Crippen LogP contribution >= 0.6 is 23.4 Å². The molecule has 2 aliphatic rings. The number of para-hydroxylation sites is 1. The largest absolute Gasteiger partial charge is 0.340 e. The molecule has 0 unspecified atom stereocenters. The van der Waals surface area contributed by atoms with Gasteiger partial charge in [0.25, 0.3) is 0 Å². The van der Waals surface area contributed by atoms with Gasteiger partial charge in [-0.1, -0.05) is 35.5 Å². The Morgan fingerprint density at radius 1 is 1.04 bits per heavy atom. The maximum absolute atomic E-state index is 8.97. The molecule has 1 fully saturated rings. The van der Waals surface area contributed by atoms with Crippen molar-refractivity contribution in [3.8, 4) is 0 Å². The van der Waals surface area contributed by atoms with Crippen LogP contribution in [0.4, 0.5) is 11.4 Å². The number of anilines is 2. The minimum absolute atomic E-state index is 0.0245. The van der Waals surface area contributed by atoms with Crippen molar-refractivity contribution in [3.63, 3.8) is 0 Å². The highest BCUT2D eigenvalue weighted by molar-refractivity contribution is 7.99. The molecule has 4 rings (SSSR count).